The number of likely N-dealkylation sites (tertiary alicyclic amines) is 1. The van der Waals surface area contributed by atoms with Crippen LogP contribution in [0.5, 0.6) is 0 Å². The summed E-state index contributed by atoms with van der Waals surface area (Å²) in [5.41, 5.74) is 1.41. The minimum Gasteiger partial charge on any atom is -0.342 e. The molecule has 24 nitrogen and oxygen atoms in total. The SMILES string of the molecule is CC[C@H](C)[C@@H]1NC(=O)[C@H](CC(C)C)N(C)C(=O)C[C@@H](C(=O)N2CCCCC2)N(C)C(=O)[C@H](CC(C)C)NC(=O)C(C)(C)N(C)C(=O)[C@H](CCc2ccccc2)NC(=O)[C@H](Cc2cccc(I)c2)NC(=O)CN(C)C(=O)[C@H](Cc2ccc(C)cc2)N(C)C(=O)CN(C)C(=O)CN(C)C1=O. The Morgan fingerprint density at radius 2 is 1.14 bits per heavy atom. The summed E-state index contributed by atoms with van der Waals surface area (Å²) in [5.74, 6) is -8.86. The van der Waals surface area contributed by atoms with Gasteiger partial charge >= 0.3 is 0 Å². The van der Waals surface area contributed by atoms with Gasteiger partial charge in [-0.3, -0.25) is 57.5 Å². The van der Waals surface area contributed by atoms with Crippen LogP contribution in [-0.4, -0.2) is 240 Å². The van der Waals surface area contributed by atoms with Crippen LogP contribution in [0, 0.1) is 28.2 Å². The molecule has 4 N–H and O–H groups in total. The number of nitrogens with zero attached hydrogens (tertiary/aromatic N) is 8. The molecule has 25 heteroatoms. The second kappa shape index (κ2) is 37.3. The molecule has 98 heavy (non-hydrogen) atoms. The van der Waals surface area contributed by atoms with Crippen molar-refractivity contribution in [2.24, 2.45) is 17.8 Å². The molecule has 0 radical (unpaired) electrons. The van der Waals surface area contributed by atoms with E-state index in [0.29, 0.717) is 49.9 Å². The molecule has 2 heterocycles. The zero-order valence-electron chi connectivity index (χ0n) is 60.4. The van der Waals surface area contributed by atoms with Crippen molar-refractivity contribution >= 4 is 93.5 Å². The number of halogens is 1. The minimum absolute atomic E-state index is 0.00280. The van der Waals surface area contributed by atoms with Crippen LogP contribution in [0.4, 0.5) is 0 Å². The molecule has 0 bridgehead atoms. The first kappa shape index (κ1) is 80.7. The van der Waals surface area contributed by atoms with E-state index < -0.39 is 151 Å². The lowest BCUT2D eigenvalue weighted by Crippen LogP contribution is -2.63. The highest BCUT2D eigenvalue weighted by Gasteiger charge is 2.44. The van der Waals surface area contributed by atoms with E-state index in [1.165, 1.54) is 82.8 Å². The van der Waals surface area contributed by atoms with E-state index in [2.05, 4.69) is 43.9 Å². The highest BCUT2D eigenvalue weighted by molar-refractivity contribution is 14.1. The third-order valence-corrected chi connectivity index (χ3v) is 19.6. The van der Waals surface area contributed by atoms with Crippen molar-refractivity contribution in [2.75, 3.05) is 82.1 Å². The zero-order chi connectivity index (χ0) is 73.0. The summed E-state index contributed by atoms with van der Waals surface area (Å²) in [4.78, 5) is 187. The molecule has 3 aromatic carbocycles. The van der Waals surface area contributed by atoms with Crippen molar-refractivity contribution in [3.05, 3.63) is 105 Å². The molecule has 0 aromatic heterocycles. The Morgan fingerprint density at radius 3 is 1.74 bits per heavy atom. The lowest BCUT2D eigenvalue weighted by atomic mass is 9.95. The van der Waals surface area contributed by atoms with Crippen LogP contribution in [0.15, 0.2) is 78.9 Å². The Balaban J connectivity index is 1.64. The Hall–Kier alpha value is -7.97. The molecule has 538 valence electrons. The molecule has 3 aromatic rings. The molecule has 0 aliphatic carbocycles. The van der Waals surface area contributed by atoms with Crippen LogP contribution in [-0.2, 0) is 76.8 Å². The fourth-order valence-electron chi connectivity index (χ4n) is 12.0. The molecule has 2 aliphatic rings. The maximum atomic E-state index is 15.3. The van der Waals surface area contributed by atoms with Gasteiger partial charge < -0.3 is 60.5 Å². The zero-order valence-corrected chi connectivity index (χ0v) is 62.6. The van der Waals surface area contributed by atoms with Crippen LogP contribution in [0.25, 0.3) is 0 Å². The van der Waals surface area contributed by atoms with Gasteiger partial charge in [0, 0.05) is 78.8 Å². The highest BCUT2D eigenvalue weighted by Crippen LogP contribution is 2.24. The first-order valence-electron chi connectivity index (χ1n) is 34.2. The third kappa shape index (κ3) is 22.8. The topological polar surface area (TPSA) is 279 Å². The summed E-state index contributed by atoms with van der Waals surface area (Å²) in [6.07, 6.45) is 2.60. The van der Waals surface area contributed by atoms with Crippen molar-refractivity contribution in [2.45, 2.75) is 181 Å². The molecule has 12 amide bonds. The maximum absolute atomic E-state index is 15.3. The molecule has 8 atom stereocenters. The monoisotopic (exact) mass is 1470 g/mol. The molecule has 2 aliphatic heterocycles. The van der Waals surface area contributed by atoms with Crippen molar-refractivity contribution in [3.8, 4) is 0 Å². The highest BCUT2D eigenvalue weighted by atomic mass is 127. The van der Waals surface area contributed by atoms with Crippen LogP contribution >= 0.6 is 22.6 Å². The Bertz CT molecular complexity index is 3290. The van der Waals surface area contributed by atoms with Gasteiger partial charge in [-0.25, -0.2) is 0 Å². The number of rotatable bonds is 14. The average molecular weight is 1470 g/mol. The number of nitrogens with one attached hydrogen (secondary N) is 4. The summed E-state index contributed by atoms with van der Waals surface area (Å²) >= 11 is 2.14. The number of likely N-dealkylation sites (N-methyl/N-ethyl adjacent to an activating group) is 7. The molecule has 0 unspecified atom stereocenters. The van der Waals surface area contributed by atoms with Gasteiger partial charge in [-0.2, -0.15) is 0 Å². The fraction of sp³-hybridized carbons (Fsp3) is 0.589. The van der Waals surface area contributed by atoms with E-state index in [1.807, 2.05) is 108 Å². The number of aryl methyl sites for hydroxylation is 2. The maximum Gasteiger partial charge on any atom is 0.246 e. The molecule has 0 spiro atoms. The predicted octanol–water partition coefficient (Wildman–Crippen LogP) is 4.60. The molecule has 0 saturated carbocycles. The average Bonchev–Trinajstić information content (AvgIpc) is 0.814. The Kier molecular flexibility index (Phi) is 30.7. The molecule has 5 rings (SSSR count). The Labute approximate surface area is 593 Å². The summed E-state index contributed by atoms with van der Waals surface area (Å²) < 4.78 is 0.843. The first-order chi connectivity index (χ1) is 46.1. The summed E-state index contributed by atoms with van der Waals surface area (Å²) in [7, 11) is 9.86. The van der Waals surface area contributed by atoms with Crippen LogP contribution in [0.3, 0.4) is 0 Å². The number of carbonyl (C=O) groups excluding carboxylic acids is 12. The van der Waals surface area contributed by atoms with E-state index in [9.17, 15) is 38.4 Å². The van der Waals surface area contributed by atoms with E-state index in [-0.39, 0.29) is 43.9 Å². The number of carbonyl (C=O) groups is 12. The van der Waals surface area contributed by atoms with Crippen molar-refractivity contribution in [1.82, 2.24) is 60.5 Å². The quantitative estimate of drug-likeness (QED) is 0.161. The number of hydrogen-bond donors (Lipinski definition) is 4. The Morgan fingerprint density at radius 1 is 0.551 bits per heavy atom. The summed E-state index contributed by atoms with van der Waals surface area (Å²) in [6, 6.07) is 15.0. The number of amides is 12. The number of piperidine rings is 1. The van der Waals surface area contributed by atoms with Gasteiger partial charge in [-0.15, -0.1) is 0 Å². The minimum atomic E-state index is -1.73. The van der Waals surface area contributed by atoms with Crippen LogP contribution in [0.1, 0.15) is 129 Å². The van der Waals surface area contributed by atoms with Gasteiger partial charge in [0.25, 0.3) is 0 Å². The standard InChI is InChI=1S/C73H107IN12O12/c1-17-49(7)64-71(97)81(12)44-62(89)79(10)45-63(90)83(14)58(41-51-31-29-48(6)30-32-51)69(95)80(11)43-60(87)75-55(40-52-27-24-28-53(74)39-52)65(91)76-54(34-33-50-25-20-18-21-26-50)68(94)85(16)73(8,9)72(98)77-56(37-46(2)3)67(93)84(15)59(70(96)86-35-22-19-23-36-86)42-61(88)82(13)57(38-47(4)5)66(92)78-64/h18,20-21,24-32,39,46-47,49,54-59,64H,17,19,22-23,33-38,40-45H2,1-16H3,(H,75,87)(H,76,91)(H,77,98)(H,78,92)/t49-,54-,55-,56-,57-,58-,59-,64-/m0/s1. The van der Waals surface area contributed by atoms with Gasteiger partial charge in [0.05, 0.1) is 26.1 Å². The van der Waals surface area contributed by atoms with Gasteiger partial charge in [0.1, 0.15) is 47.8 Å². The van der Waals surface area contributed by atoms with E-state index >= 15 is 19.2 Å². The van der Waals surface area contributed by atoms with Crippen molar-refractivity contribution in [3.63, 3.8) is 0 Å². The largest absolute Gasteiger partial charge is 0.342 e. The van der Waals surface area contributed by atoms with E-state index in [1.54, 1.807) is 24.0 Å². The summed E-state index contributed by atoms with van der Waals surface area (Å²) in [6.45, 7) is 15.1. The van der Waals surface area contributed by atoms with Gasteiger partial charge in [0.2, 0.25) is 70.9 Å². The molecular formula is C73H107IN12O12. The lowest BCUT2D eigenvalue weighted by molar-refractivity contribution is -0.152. The normalized spacial score (nSPS) is 23.4. The molecule has 2 fully saturated rings. The van der Waals surface area contributed by atoms with Crippen molar-refractivity contribution < 1.29 is 57.5 Å². The summed E-state index contributed by atoms with van der Waals surface area (Å²) in [5, 5.41) is 11.6. The predicted molar refractivity (Wildman–Crippen MR) is 383 cm³/mol. The fourth-order valence-corrected chi connectivity index (χ4v) is 12.6. The first-order valence-corrected chi connectivity index (χ1v) is 35.3. The molecular weight excluding hydrogens is 1360 g/mol. The van der Waals surface area contributed by atoms with Gasteiger partial charge in [-0.05, 0) is 135 Å². The second-order valence-electron chi connectivity index (χ2n) is 28.1. The number of hydrogen-bond acceptors (Lipinski definition) is 12. The second-order valence-corrected chi connectivity index (χ2v) is 29.3. The van der Waals surface area contributed by atoms with Gasteiger partial charge in [-0.1, -0.05) is 120 Å². The molecule has 2 saturated heterocycles. The van der Waals surface area contributed by atoms with Crippen molar-refractivity contribution in [1.29, 1.82) is 0 Å². The lowest BCUT2D eigenvalue weighted by Gasteiger charge is -2.39. The van der Waals surface area contributed by atoms with E-state index in [0.717, 1.165) is 35.8 Å². The van der Waals surface area contributed by atoms with Gasteiger partial charge in [0.15, 0.2) is 0 Å². The number of benzene rings is 3. The smallest absolute Gasteiger partial charge is 0.246 e. The van der Waals surface area contributed by atoms with Crippen LogP contribution < -0.4 is 21.3 Å². The third-order valence-electron chi connectivity index (χ3n) is 19.0. The van der Waals surface area contributed by atoms with Crippen LogP contribution in [0.2, 0.25) is 0 Å². The van der Waals surface area contributed by atoms with E-state index in [4.69, 9.17) is 0 Å².